The molecule has 0 radical (unpaired) electrons. The van der Waals surface area contributed by atoms with Crippen molar-refractivity contribution in [3.63, 3.8) is 0 Å². The normalized spacial score (nSPS) is 15.8. The number of hydrogen-bond donors (Lipinski definition) is 1. The summed E-state index contributed by atoms with van der Waals surface area (Å²) in [5.74, 6) is 1.64. The van der Waals surface area contributed by atoms with Gasteiger partial charge in [0.15, 0.2) is 11.5 Å². The monoisotopic (exact) mass is 383 g/mol. The van der Waals surface area contributed by atoms with Gasteiger partial charge in [-0.05, 0) is 29.8 Å². The van der Waals surface area contributed by atoms with E-state index in [0.29, 0.717) is 28.8 Å². The lowest BCUT2D eigenvalue weighted by Gasteiger charge is -2.24. The molecule has 0 fully saturated rings. The molecular formula is C20H18ClN3O3. The Kier molecular flexibility index (Phi) is 4.49. The number of rotatable bonds is 4. The zero-order valence-corrected chi connectivity index (χ0v) is 15.7. The van der Waals surface area contributed by atoms with Crippen LogP contribution in [0.25, 0.3) is 5.69 Å². The number of methoxy groups -OCH3 is 2. The van der Waals surface area contributed by atoms with Crippen molar-refractivity contribution in [3.05, 3.63) is 65.1 Å². The zero-order valence-electron chi connectivity index (χ0n) is 14.9. The molecule has 7 heteroatoms. The first-order valence-electron chi connectivity index (χ1n) is 8.46. The van der Waals surface area contributed by atoms with Gasteiger partial charge in [-0.1, -0.05) is 29.8 Å². The number of amides is 1. The second-order valence-corrected chi connectivity index (χ2v) is 6.63. The van der Waals surface area contributed by atoms with E-state index in [1.165, 1.54) is 0 Å². The molecule has 4 rings (SSSR count). The molecular weight excluding hydrogens is 366 g/mol. The molecule has 1 aliphatic heterocycles. The predicted octanol–water partition coefficient (Wildman–Crippen LogP) is 4.02. The van der Waals surface area contributed by atoms with Gasteiger partial charge in [0, 0.05) is 12.3 Å². The maximum Gasteiger partial charge on any atom is 0.226 e. The lowest BCUT2D eigenvalue weighted by atomic mass is 9.89. The molecule has 138 valence electrons. The van der Waals surface area contributed by atoms with Crippen LogP contribution < -0.4 is 14.8 Å². The largest absolute Gasteiger partial charge is 0.493 e. The molecule has 3 aromatic rings. The van der Waals surface area contributed by atoms with E-state index < -0.39 is 0 Å². The van der Waals surface area contributed by atoms with Crippen molar-refractivity contribution in [1.82, 2.24) is 9.55 Å². The predicted molar refractivity (Wildman–Crippen MR) is 103 cm³/mol. The number of nitrogens with zero attached hydrogens (tertiary/aromatic N) is 2. The highest BCUT2D eigenvalue weighted by Crippen LogP contribution is 2.40. The highest BCUT2D eigenvalue weighted by atomic mass is 35.5. The zero-order chi connectivity index (χ0) is 19.0. The number of anilines is 1. The van der Waals surface area contributed by atoms with E-state index in [-0.39, 0.29) is 11.8 Å². The van der Waals surface area contributed by atoms with Crippen molar-refractivity contribution in [2.45, 2.75) is 12.3 Å². The Morgan fingerprint density at radius 3 is 2.67 bits per heavy atom. The molecule has 0 bridgehead atoms. The number of hydrogen-bond acceptors (Lipinski definition) is 4. The number of carbonyl (C=O) groups is 1. The minimum absolute atomic E-state index is 0.0731. The molecule has 1 atom stereocenters. The third kappa shape index (κ3) is 3.02. The number of carbonyl (C=O) groups excluding carboxylic acids is 1. The van der Waals surface area contributed by atoms with Crippen LogP contribution in [0.5, 0.6) is 11.5 Å². The fourth-order valence-corrected chi connectivity index (χ4v) is 3.61. The van der Waals surface area contributed by atoms with E-state index in [1.54, 1.807) is 26.6 Å². The van der Waals surface area contributed by atoms with Gasteiger partial charge in [0.25, 0.3) is 0 Å². The van der Waals surface area contributed by atoms with Crippen molar-refractivity contribution in [2.75, 3.05) is 19.5 Å². The topological polar surface area (TPSA) is 65.4 Å². The van der Waals surface area contributed by atoms with Crippen LogP contribution in [-0.2, 0) is 4.79 Å². The van der Waals surface area contributed by atoms with Crippen LogP contribution in [-0.4, -0.2) is 29.7 Å². The van der Waals surface area contributed by atoms with E-state index in [1.807, 2.05) is 41.0 Å². The van der Waals surface area contributed by atoms with E-state index >= 15 is 0 Å². The Labute approximate surface area is 161 Å². The highest BCUT2D eigenvalue weighted by molar-refractivity contribution is 6.32. The lowest BCUT2D eigenvalue weighted by molar-refractivity contribution is -0.116. The van der Waals surface area contributed by atoms with E-state index in [9.17, 15) is 4.79 Å². The average Bonchev–Trinajstić information content (AvgIpc) is 3.10. The van der Waals surface area contributed by atoms with Crippen molar-refractivity contribution in [3.8, 4) is 17.2 Å². The van der Waals surface area contributed by atoms with Crippen molar-refractivity contribution in [2.24, 2.45) is 0 Å². The Morgan fingerprint density at radius 1 is 1.15 bits per heavy atom. The number of para-hydroxylation sites is 1. The highest BCUT2D eigenvalue weighted by Gasteiger charge is 2.31. The summed E-state index contributed by atoms with van der Waals surface area (Å²) in [6, 6.07) is 13.1. The van der Waals surface area contributed by atoms with E-state index in [2.05, 4.69) is 10.3 Å². The number of benzene rings is 2. The first kappa shape index (κ1) is 17.4. The van der Waals surface area contributed by atoms with E-state index in [0.717, 1.165) is 16.9 Å². The maximum absolute atomic E-state index is 12.4. The van der Waals surface area contributed by atoms with Crippen LogP contribution in [0.15, 0.2) is 48.8 Å². The molecule has 0 aliphatic carbocycles. The molecule has 0 spiro atoms. The van der Waals surface area contributed by atoms with Crippen molar-refractivity contribution < 1.29 is 14.3 Å². The second kappa shape index (κ2) is 6.96. The Hall–Kier alpha value is -2.99. The van der Waals surface area contributed by atoms with Crippen LogP contribution in [0.4, 0.5) is 5.82 Å². The minimum Gasteiger partial charge on any atom is -0.493 e. The molecule has 0 saturated carbocycles. The molecule has 1 aromatic heterocycles. The third-order valence-electron chi connectivity index (χ3n) is 4.70. The summed E-state index contributed by atoms with van der Waals surface area (Å²) in [4.78, 5) is 17.0. The molecule has 2 heterocycles. The summed E-state index contributed by atoms with van der Waals surface area (Å²) in [5, 5.41) is 3.52. The van der Waals surface area contributed by atoms with Crippen LogP contribution in [0.2, 0.25) is 5.02 Å². The Bertz CT molecular complexity index is 1020. The maximum atomic E-state index is 12.4. The molecule has 1 N–H and O–H groups in total. The summed E-state index contributed by atoms with van der Waals surface area (Å²) in [7, 11) is 3.18. The van der Waals surface area contributed by atoms with E-state index in [4.69, 9.17) is 21.1 Å². The van der Waals surface area contributed by atoms with Gasteiger partial charge in [0.1, 0.15) is 12.1 Å². The van der Waals surface area contributed by atoms with Crippen LogP contribution in [0, 0.1) is 0 Å². The van der Waals surface area contributed by atoms with Gasteiger partial charge in [-0.3, -0.25) is 9.36 Å². The third-order valence-corrected chi connectivity index (χ3v) is 5.01. The van der Waals surface area contributed by atoms with Gasteiger partial charge in [0.05, 0.1) is 30.6 Å². The van der Waals surface area contributed by atoms with Gasteiger partial charge in [0.2, 0.25) is 5.91 Å². The summed E-state index contributed by atoms with van der Waals surface area (Å²) < 4.78 is 12.5. The molecule has 1 aliphatic rings. The smallest absolute Gasteiger partial charge is 0.226 e. The van der Waals surface area contributed by atoms with Gasteiger partial charge in [-0.25, -0.2) is 4.98 Å². The number of ether oxygens (including phenoxy) is 2. The van der Waals surface area contributed by atoms with Gasteiger partial charge in [-0.2, -0.15) is 0 Å². The number of halogens is 1. The summed E-state index contributed by atoms with van der Waals surface area (Å²) in [5.41, 5.74) is 2.50. The number of imidazole rings is 1. The average molecular weight is 384 g/mol. The summed E-state index contributed by atoms with van der Waals surface area (Å²) in [6.07, 6.45) is 1.99. The van der Waals surface area contributed by atoms with Gasteiger partial charge in [-0.15, -0.1) is 0 Å². The fourth-order valence-electron chi connectivity index (χ4n) is 3.38. The van der Waals surface area contributed by atoms with Crippen LogP contribution in [0.1, 0.15) is 23.6 Å². The summed E-state index contributed by atoms with van der Waals surface area (Å²) in [6.45, 7) is 0. The molecule has 0 unspecified atom stereocenters. The molecule has 0 saturated heterocycles. The quantitative estimate of drug-likeness (QED) is 0.739. The number of aromatic nitrogens is 2. The SMILES string of the molecule is COc1ccc([C@H]2CC(=O)Nc3c2ncn3-c2ccccc2Cl)cc1OC. The standard InChI is InChI=1S/C20H18ClN3O3/c1-26-16-8-7-12(9-17(16)27-2)13-10-18(25)23-20-19(13)22-11-24(20)15-6-4-3-5-14(15)21/h3-9,11,13H,10H2,1-2H3,(H,23,25)/t13-/m1/s1. The molecule has 6 nitrogen and oxygen atoms in total. The first-order valence-corrected chi connectivity index (χ1v) is 8.84. The van der Waals surface area contributed by atoms with Gasteiger partial charge < -0.3 is 14.8 Å². The molecule has 1 amide bonds. The van der Waals surface area contributed by atoms with Crippen LogP contribution in [0.3, 0.4) is 0 Å². The van der Waals surface area contributed by atoms with Gasteiger partial charge >= 0.3 is 0 Å². The second-order valence-electron chi connectivity index (χ2n) is 6.22. The Morgan fingerprint density at radius 2 is 1.93 bits per heavy atom. The molecule has 2 aromatic carbocycles. The van der Waals surface area contributed by atoms with Crippen molar-refractivity contribution >= 4 is 23.3 Å². The summed E-state index contributed by atoms with van der Waals surface area (Å²) >= 11 is 6.33. The Balaban J connectivity index is 1.81. The fraction of sp³-hybridized carbons (Fsp3) is 0.200. The molecule has 27 heavy (non-hydrogen) atoms. The minimum atomic E-state index is -0.183. The van der Waals surface area contributed by atoms with Crippen LogP contribution >= 0.6 is 11.6 Å². The lowest BCUT2D eigenvalue weighted by Crippen LogP contribution is -2.25. The van der Waals surface area contributed by atoms with Crippen molar-refractivity contribution in [1.29, 1.82) is 0 Å². The first-order chi connectivity index (χ1) is 13.1. The number of fused-ring (bicyclic) bond motifs is 1. The number of nitrogens with one attached hydrogen (secondary N) is 1.